The maximum atomic E-state index is 11.5. The van der Waals surface area contributed by atoms with Gasteiger partial charge in [0.15, 0.2) is 0 Å². The Labute approximate surface area is 106 Å². The van der Waals surface area contributed by atoms with Crippen LogP contribution in [0.2, 0.25) is 0 Å². The molecule has 1 aromatic rings. The van der Waals surface area contributed by atoms with Crippen LogP contribution in [0.15, 0.2) is 30.3 Å². The van der Waals surface area contributed by atoms with Crippen molar-refractivity contribution in [3.05, 3.63) is 30.3 Å². The summed E-state index contributed by atoms with van der Waals surface area (Å²) in [6, 6.07) is 9.09. The molecule has 0 heterocycles. The number of anilines is 1. The molecule has 0 saturated carbocycles. The average Bonchev–Trinajstić information content (AvgIpc) is 2.38. The van der Waals surface area contributed by atoms with E-state index in [9.17, 15) is 9.59 Å². The number of hydrogen-bond donors (Lipinski definition) is 1. The Balaban J connectivity index is 2.19. The van der Waals surface area contributed by atoms with Gasteiger partial charge < -0.3 is 14.8 Å². The Morgan fingerprint density at radius 2 is 1.83 bits per heavy atom. The van der Waals surface area contributed by atoms with Crippen LogP contribution in [0.4, 0.5) is 5.69 Å². The van der Waals surface area contributed by atoms with Gasteiger partial charge in [-0.3, -0.25) is 9.59 Å². The van der Waals surface area contributed by atoms with Crippen molar-refractivity contribution in [1.82, 2.24) is 0 Å². The second-order valence-electron chi connectivity index (χ2n) is 3.63. The van der Waals surface area contributed by atoms with Crippen molar-refractivity contribution in [2.75, 3.05) is 25.6 Å². The number of esters is 1. The second kappa shape index (κ2) is 8.25. The highest BCUT2D eigenvalue weighted by atomic mass is 16.6. The number of rotatable bonds is 7. The molecule has 5 nitrogen and oxygen atoms in total. The van der Waals surface area contributed by atoms with Crippen LogP contribution in [-0.2, 0) is 19.1 Å². The number of ether oxygens (including phenoxy) is 2. The lowest BCUT2D eigenvalue weighted by Crippen LogP contribution is -2.15. The molecule has 0 aromatic heterocycles. The first-order valence-electron chi connectivity index (χ1n) is 5.72. The van der Waals surface area contributed by atoms with Crippen molar-refractivity contribution in [1.29, 1.82) is 0 Å². The first kappa shape index (κ1) is 14.2. The summed E-state index contributed by atoms with van der Waals surface area (Å²) < 4.78 is 9.58. The van der Waals surface area contributed by atoms with E-state index in [4.69, 9.17) is 9.47 Å². The number of para-hydroxylation sites is 1. The smallest absolute Gasteiger partial charge is 0.306 e. The van der Waals surface area contributed by atoms with Gasteiger partial charge in [-0.05, 0) is 12.1 Å². The molecule has 1 amide bonds. The van der Waals surface area contributed by atoms with Crippen LogP contribution in [0.25, 0.3) is 0 Å². The van der Waals surface area contributed by atoms with E-state index in [1.807, 2.05) is 18.2 Å². The van der Waals surface area contributed by atoms with Gasteiger partial charge in [-0.2, -0.15) is 0 Å². The topological polar surface area (TPSA) is 64.6 Å². The lowest BCUT2D eigenvalue weighted by Gasteiger charge is -2.05. The van der Waals surface area contributed by atoms with Crippen molar-refractivity contribution in [3.8, 4) is 0 Å². The zero-order valence-electron chi connectivity index (χ0n) is 10.3. The SMILES string of the molecule is COCCOC(=O)CCC(=O)Nc1ccccc1. The third kappa shape index (κ3) is 6.00. The fourth-order valence-electron chi connectivity index (χ4n) is 1.27. The van der Waals surface area contributed by atoms with E-state index in [2.05, 4.69) is 5.32 Å². The van der Waals surface area contributed by atoms with Gasteiger partial charge in [0.05, 0.1) is 13.0 Å². The number of carbonyl (C=O) groups excluding carboxylic acids is 2. The van der Waals surface area contributed by atoms with Gasteiger partial charge in [0, 0.05) is 19.2 Å². The van der Waals surface area contributed by atoms with E-state index in [-0.39, 0.29) is 25.4 Å². The summed E-state index contributed by atoms with van der Waals surface area (Å²) in [5.41, 5.74) is 0.718. The number of nitrogens with one attached hydrogen (secondary N) is 1. The summed E-state index contributed by atoms with van der Waals surface area (Å²) >= 11 is 0. The average molecular weight is 251 g/mol. The maximum absolute atomic E-state index is 11.5. The van der Waals surface area contributed by atoms with Gasteiger partial charge in [-0.1, -0.05) is 18.2 Å². The summed E-state index contributed by atoms with van der Waals surface area (Å²) in [6.07, 6.45) is 0.184. The van der Waals surface area contributed by atoms with Crippen LogP contribution in [0.3, 0.4) is 0 Å². The van der Waals surface area contributed by atoms with Crippen molar-refractivity contribution in [2.24, 2.45) is 0 Å². The highest BCUT2D eigenvalue weighted by Crippen LogP contribution is 2.06. The van der Waals surface area contributed by atoms with Crippen LogP contribution in [0.5, 0.6) is 0 Å². The predicted molar refractivity (Wildman–Crippen MR) is 67.1 cm³/mol. The maximum Gasteiger partial charge on any atom is 0.306 e. The van der Waals surface area contributed by atoms with Crippen LogP contribution >= 0.6 is 0 Å². The van der Waals surface area contributed by atoms with Crippen molar-refractivity contribution < 1.29 is 19.1 Å². The van der Waals surface area contributed by atoms with E-state index >= 15 is 0 Å². The van der Waals surface area contributed by atoms with E-state index < -0.39 is 5.97 Å². The van der Waals surface area contributed by atoms with Gasteiger partial charge in [0.1, 0.15) is 6.61 Å². The van der Waals surface area contributed by atoms with Crippen molar-refractivity contribution >= 4 is 17.6 Å². The monoisotopic (exact) mass is 251 g/mol. The van der Waals surface area contributed by atoms with Crippen LogP contribution in [-0.4, -0.2) is 32.2 Å². The lowest BCUT2D eigenvalue weighted by molar-refractivity contribution is -0.145. The van der Waals surface area contributed by atoms with E-state index in [0.29, 0.717) is 6.61 Å². The Morgan fingerprint density at radius 1 is 1.11 bits per heavy atom. The van der Waals surface area contributed by atoms with Crippen LogP contribution < -0.4 is 5.32 Å². The minimum Gasteiger partial charge on any atom is -0.463 e. The molecule has 0 aliphatic rings. The van der Waals surface area contributed by atoms with Crippen molar-refractivity contribution in [3.63, 3.8) is 0 Å². The molecule has 1 N–H and O–H groups in total. The largest absolute Gasteiger partial charge is 0.463 e. The quantitative estimate of drug-likeness (QED) is 0.590. The summed E-state index contributed by atoms with van der Waals surface area (Å²) in [6.45, 7) is 0.581. The molecule has 0 aliphatic carbocycles. The fraction of sp³-hybridized carbons (Fsp3) is 0.385. The molecule has 1 rings (SSSR count). The third-order valence-electron chi connectivity index (χ3n) is 2.16. The molecule has 0 radical (unpaired) electrons. The minimum atomic E-state index is -0.393. The zero-order valence-corrected chi connectivity index (χ0v) is 10.3. The van der Waals surface area contributed by atoms with Crippen LogP contribution in [0.1, 0.15) is 12.8 Å². The van der Waals surface area contributed by atoms with Gasteiger partial charge in [0.25, 0.3) is 0 Å². The molecule has 0 aliphatic heterocycles. The number of benzene rings is 1. The molecule has 0 saturated heterocycles. The molecule has 0 unspecified atom stereocenters. The number of hydrogen-bond acceptors (Lipinski definition) is 4. The molecule has 98 valence electrons. The fourth-order valence-corrected chi connectivity index (χ4v) is 1.27. The van der Waals surface area contributed by atoms with Gasteiger partial charge >= 0.3 is 5.97 Å². The van der Waals surface area contributed by atoms with E-state index in [1.165, 1.54) is 7.11 Å². The minimum absolute atomic E-state index is 0.0718. The van der Waals surface area contributed by atoms with Gasteiger partial charge in [-0.25, -0.2) is 0 Å². The van der Waals surface area contributed by atoms with Crippen molar-refractivity contribution in [2.45, 2.75) is 12.8 Å². The molecule has 0 bridgehead atoms. The molecule has 5 heteroatoms. The highest BCUT2D eigenvalue weighted by molar-refractivity contribution is 5.92. The molecule has 1 aromatic carbocycles. The molecular weight excluding hydrogens is 234 g/mol. The van der Waals surface area contributed by atoms with Gasteiger partial charge in [-0.15, -0.1) is 0 Å². The standard InChI is InChI=1S/C13H17NO4/c1-17-9-10-18-13(16)8-7-12(15)14-11-5-3-2-4-6-11/h2-6H,7-10H2,1H3,(H,14,15). The number of carbonyl (C=O) groups is 2. The Morgan fingerprint density at radius 3 is 2.50 bits per heavy atom. The molecular formula is C13H17NO4. The summed E-state index contributed by atoms with van der Waals surface area (Å²) in [4.78, 5) is 22.7. The first-order chi connectivity index (χ1) is 8.72. The first-order valence-corrected chi connectivity index (χ1v) is 5.72. The molecule has 18 heavy (non-hydrogen) atoms. The van der Waals surface area contributed by atoms with Crippen LogP contribution in [0, 0.1) is 0 Å². The number of amides is 1. The Hall–Kier alpha value is -1.88. The predicted octanol–water partition coefficient (Wildman–Crippen LogP) is 1.59. The zero-order chi connectivity index (χ0) is 13.2. The van der Waals surface area contributed by atoms with Gasteiger partial charge in [0.2, 0.25) is 5.91 Å². The molecule has 0 atom stereocenters. The lowest BCUT2D eigenvalue weighted by atomic mass is 10.2. The normalized spacial score (nSPS) is 9.83. The van der Waals surface area contributed by atoms with E-state index in [1.54, 1.807) is 12.1 Å². The molecule has 0 fully saturated rings. The summed E-state index contributed by atoms with van der Waals surface area (Å²) in [5.74, 6) is -0.597. The second-order valence-corrected chi connectivity index (χ2v) is 3.63. The molecule has 0 spiro atoms. The summed E-state index contributed by atoms with van der Waals surface area (Å²) in [7, 11) is 1.53. The van der Waals surface area contributed by atoms with E-state index in [0.717, 1.165) is 5.69 Å². The third-order valence-corrected chi connectivity index (χ3v) is 2.16. The Kier molecular flexibility index (Phi) is 6.50. The number of methoxy groups -OCH3 is 1. The summed E-state index contributed by atoms with van der Waals surface area (Å²) in [5, 5.41) is 2.69. The Bertz CT molecular complexity index is 378. The highest BCUT2D eigenvalue weighted by Gasteiger charge is 2.07.